The molecule has 0 unspecified atom stereocenters. The maximum absolute atomic E-state index is 15.5. The van der Waals surface area contributed by atoms with Gasteiger partial charge >= 0.3 is 5.97 Å². The molecule has 0 saturated heterocycles. The molecule has 11 heteroatoms. The van der Waals surface area contributed by atoms with E-state index in [1.165, 1.54) is 40.4 Å². The van der Waals surface area contributed by atoms with Crippen LogP contribution in [0.4, 0.5) is 21.6 Å². The lowest BCUT2D eigenvalue weighted by molar-refractivity contribution is -0.142. The molecule has 3 aromatic heterocycles. The number of halogens is 1. The highest BCUT2D eigenvalue weighted by Gasteiger charge is 2.32. The smallest absolute Gasteiger partial charge is 0.302 e. The Bertz CT molecular complexity index is 1960. The first-order valence-corrected chi connectivity index (χ1v) is 16.4. The van der Waals surface area contributed by atoms with Gasteiger partial charge in [0.25, 0.3) is 11.5 Å². The van der Waals surface area contributed by atoms with E-state index in [0.29, 0.717) is 47.0 Å². The van der Waals surface area contributed by atoms with Gasteiger partial charge in [-0.25, -0.2) is 9.37 Å². The summed E-state index contributed by atoms with van der Waals surface area (Å²) in [5.74, 6) is -0.709. The third-order valence-corrected chi connectivity index (χ3v) is 9.65. The van der Waals surface area contributed by atoms with E-state index >= 15 is 4.39 Å². The Morgan fingerprint density at radius 3 is 2.66 bits per heavy atom. The van der Waals surface area contributed by atoms with E-state index in [0.717, 1.165) is 57.4 Å². The molecular formula is C36H39FN6O4. The first-order valence-electron chi connectivity index (χ1n) is 16.4. The predicted octanol–water partition coefficient (Wildman–Crippen LogP) is 5.11. The van der Waals surface area contributed by atoms with Gasteiger partial charge in [-0.3, -0.25) is 19.3 Å². The molecule has 10 nitrogen and oxygen atoms in total. The molecule has 4 aromatic rings. The molecule has 1 aromatic carbocycles. The van der Waals surface area contributed by atoms with Crippen molar-refractivity contribution in [3.8, 4) is 11.1 Å². The predicted molar refractivity (Wildman–Crippen MR) is 177 cm³/mol. The molecule has 1 aliphatic carbocycles. The van der Waals surface area contributed by atoms with Crippen LogP contribution in [0.25, 0.3) is 11.1 Å². The highest BCUT2D eigenvalue weighted by atomic mass is 19.1. The van der Waals surface area contributed by atoms with Crippen molar-refractivity contribution in [3.05, 3.63) is 92.5 Å². The van der Waals surface area contributed by atoms with Crippen LogP contribution < -0.4 is 15.8 Å². The fraction of sp³-hybridized carbons (Fsp3) is 0.389. The quantitative estimate of drug-likeness (QED) is 0.281. The van der Waals surface area contributed by atoms with Crippen LogP contribution in [-0.4, -0.2) is 50.5 Å². The first kappa shape index (κ1) is 30.9. The normalized spacial score (nSPS) is 16.0. The van der Waals surface area contributed by atoms with Gasteiger partial charge in [0.2, 0.25) is 0 Å². The van der Waals surface area contributed by atoms with Gasteiger partial charge in [-0.05, 0) is 79.3 Å². The maximum atomic E-state index is 15.5. The minimum atomic E-state index is -0.546. The average molecular weight is 639 g/mol. The molecule has 0 bridgehead atoms. The number of ether oxygens (including phenoxy) is 1. The molecule has 3 aliphatic rings. The Morgan fingerprint density at radius 1 is 1.02 bits per heavy atom. The summed E-state index contributed by atoms with van der Waals surface area (Å²) in [4.78, 5) is 48.1. The molecule has 5 heterocycles. The SMILES string of the molecule is CCN1CCc2nc(Nc3cc(-c4cc(F)cc(N5CCn6c(cc7c6CCCC7)C5=O)c4COC(C)=O)cn(C)c3=O)ccc2C1. The first-order chi connectivity index (χ1) is 22.7. The number of amides is 1. The highest BCUT2D eigenvalue weighted by molar-refractivity contribution is 6.07. The van der Waals surface area contributed by atoms with Gasteiger partial charge in [0, 0.05) is 75.3 Å². The standard InChI is InChI=1S/C36H39FN6O4/c1-4-41-12-11-29-24(20-41)9-10-34(38-29)39-30-15-25(19-40(3)35(30)45)27-17-26(37)18-32(28(27)21-47-22(2)44)43-14-13-42-31-8-6-5-7-23(31)16-33(42)36(43)46/h9-10,15-19H,4-8,11-14,20-21H2,1-3H3,(H,38,39). The van der Waals surface area contributed by atoms with Gasteiger partial charge < -0.3 is 24.1 Å². The van der Waals surface area contributed by atoms with Crippen LogP contribution in [-0.2, 0) is 55.5 Å². The molecule has 0 fully saturated rings. The lowest BCUT2D eigenvalue weighted by Crippen LogP contribution is -2.41. The minimum Gasteiger partial charge on any atom is -0.461 e. The number of anilines is 3. The van der Waals surface area contributed by atoms with Crippen molar-refractivity contribution < 1.29 is 18.7 Å². The van der Waals surface area contributed by atoms with Crippen molar-refractivity contribution in [3.63, 3.8) is 0 Å². The van der Waals surface area contributed by atoms with Crippen molar-refractivity contribution in [2.24, 2.45) is 7.05 Å². The molecular weight excluding hydrogens is 599 g/mol. The van der Waals surface area contributed by atoms with Crippen LogP contribution in [0.1, 0.15) is 65.3 Å². The fourth-order valence-corrected chi connectivity index (χ4v) is 7.21. The molecule has 0 radical (unpaired) electrons. The summed E-state index contributed by atoms with van der Waals surface area (Å²) >= 11 is 0. The molecule has 0 saturated carbocycles. The van der Waals surface area contributed by atoms with Crippen LogP contribution in [0, 0.1) is 5.82 Å². The summed E-state index contributed by atoms with van der Waals surface area (Å²) < 4.78 is 24.6. The minimum absolute atomic E-state index is 0.172. The zero-order chi connectivity index (χ0) is 32.8. The number of fused-ring (bicyclic) bond motifs is 4. The molecule has 1 N–H and O–H groups in total. The summed E-state index contributed by atoms with van der Waals surface area (Å²) in [7, 11) is 1.63. The summed E-state index contributed by atoms with van der Waals surface area (Å²) in [6, 6.07) is 10.2. The van der Waals surface area contributed by atoms with Crippen LogP contribution in [0.15, 0.2) is 47.4 Å². The largest absolute Gasteiger partial charge is 0.461 e. The highest BCUT2D eigenvalue weighted by Crippen LogP contribution is 2.37. The Hall–Kier alpha value is -4.77. The second-order valence-electron chi connectivity index (χ2n) is 12.7. The number of esters is 1. The van der Waals surface area contributed by atoms with E-state index in [9.17, 15) is 14.4 Å². The second kappa shape index (κ2) is 12.4. The zero-order valence-electron chi connectivity index (χ0n) is 27.1. The third-order valence-electron chi connectivity index (χ3n) is 9.65. The Morgan fingerprint density at radius 2 is 1.85 bits per heavy atom. The second-order valence-corrected chi connectivity index (χ2v) is 12.7. The summed E-state index contributed by atoms with van der Waals surface area (Å²) in [6.07, 6.45) is 6.55. The molecule has 0 atom stereocenters. The van der Waals surface area contributed by atoms with Crippen molar-refractivity contribution in [1.82, 2.24) is 19.0 Å². The number of hydrogen-bond donors (Lipinski definition) is 1. The van der Waals surface area contributed by atoms with Gasteiger partial charge in [0.15, 0.2) is 0 Å². The van der Waals surface area contributed by atoms with E-state index in [2.05, 4.69) is 21.7 Å². The van der Waals surface area contributed by atoms with Gasteiger partial charge in [0.05, 0.1) is 5.69 Å². The topological polar surface area (TPSA) is 102 Å². The van der Waals surface area contributed by atoms with E-state index in [4.69, 9.17) is 9.72 Å². The molecule has 7 rings (SSSR count). The Balaban J connectivity index is 1.28. The monoisotopic (exact) mass is 638 g/mol. The van der Waals surface area contributed by atoms with Crippen LogP contribution in [0.2, 0.25) is 0 Å². The van der Waals surface area contributed by atoms with E-state index in [1.54, 1.807) is 24.2 Å². The number of aryl methyl sites for hydroxylation is 2. The molecule has 244 valence electrons. The van der Waals surface area contributed by atoms with Gasteiger partial charge in [0.1, 0.15) is 29.6 Å². The van der Waals surface area contributed by atoms with E-state index in [1.807, 2.05) is 18.2 Å². The number of nitrogens with zero attached hydrogens (tertiary/aromatic N) is 5. The fourth-order valence-electron chi connectivity index (χ4n) is 7.21. The lowest BCUT2D eigenvalue weighted by Gasteiger charge is -2.32. The number of aromatic nitrogens is 3. The maximum Gasteiger partial charge on any atom is 0.302 e. The summed E-state index contributed by atoms with van der Waals surface area (Å²) in [5, 5.41) is 3.20. The van der Waals surface area contributed by atoms with Crippen molar-refractivity contribution in [2.75, 3.05) is 29.9 Å². The van der Waals surface area contributed by atoms with Gasteiger partial charge in [-0.1, -0.05) is 13.0 Å². The number of likely N-dealkylation sites (N-methyl/N-ethyl adjacent to an activating group) is 1. The molecule has 1 amide bonds. The van der Waals surface area contributed by atoms with Gasteiger partial charge in [-0.2, -0.15) is 0 Å². The summed E-state index contributed by atoms with van der Waals surface area (Å²) in [5.41, 5.74) is 6.98. The Labute approximate surface area is 272 Å². The molecule has 2 aliphatic heterocycles. The number of nitrogens with one attached hydrogen (secondary N) is 1. The number of benzene rings is 1. The number of rotatable bonds is 7. The lowest BCUT2D eigenvalue weighted by atomic mass is 9.97. The van der Waals surface area contributed by atoms with Crippen molar-refractivity contribution >= 4 is 29.1 Å². The van der Waals surface area contributed by atoms with E-state index < -0.39 is 11.8 Å². The molecule has 0 spiro atoms. The summed E-state index contributed by atoms with van der Waals surface area (Å²) in [6.45, 7) is 6.97. The average Bonchev–Trinajstić information content (AvgIpc) is 3.45. The van der Waals surface area contributed by atoms with Crippen molar-refractivity contribution in [1.29, 1.82) is 0 Å². The number of hydrogen-bond acceptors (Lipinski definition) is 7. The number of pyridine rings is 2. The molecule has 47 heavy (non-hydrogen) atoms. The van der Waals surface area contributed by atoms with Crippen molar-refractivity contribution in [2.45, 2.75) is 65.6 Å². The van der Waals surface area contributed by atoms with E-state index in [-0.39, 0.29) is 23.8 Å². The van der Waals surface area contributed by atoms with Crippen LogP contribution in [0.3, 0.4) is 0 Å². The van der Waals surface area contributed by atoms with Crippen LogP contribution >= 0.6 is 0 Å². The number of carbonyl (C=O) groups excluding carboxylic acids is 2. The zero-order valence-corrected chi connectivity index (χ0v) is 27.1. The van der Waals surface area contributed by atoms with Crippen LogP contribution in [0.5, 0.6) is 0 Å². The Kier molecular flexibility index (Phi) is 8.17. The van der Waals surface area contributed by atoms with Gasteiger partial charge in [-0.15, -0.1) is 0 Å². The number of carbonyl (C=O) groups is 2. The third kappa shape index (κ3) is 5.84.